The third-order valence-corrected chi connectivity index (χ3v) is 4.97. The van der Waals surface area contributed by atoms with E-state index in [0.29, 0.717) is 19.7 Å². The van der Waals surface area contributed by atoms with Crippen molar-refractivity contribution in [3.63, 3.8) is 0 Å². The lowest BCUT2D eigenvalue weighted by molar-refractivity contribution is 0.0843. The molecule has 21 heavy (non-hydrogen) atoms. The molecule has 114 valence electrons. The Morgan fingerprint density at radius 1 is 1.38 bits per heavy atom. The third-order valence-electron chi connectivity index (χ3n) is 3.09. The molecule has 1 aliphatic rings. The maximum absolute atomic E-state index is 12.2. The zero-order valence-electron chi connectivity index (χ0n) is 11.7. The molecule has 0 amide bonds. The summed E-state index contributed by atoms with van der Waals surface area (Å²) in [5, 5.41) is 1.56. The lowest BCUT2D eigenvalue weighted by atomic mass is 10.3. The normalized spacial score (nSPS) is 22.8. The molecule has 0 bridgehead atoms. The molecule has 1 saturated heterocycles. The molecule has 1 heterocycles. The molecule has 1 aliphatic heterocycles. The number of nitrogens with zero attached hydrogens (tertiary/aromatic N) is 1. The lowest BCUT2D eigenvalue weighted by Crippen LogP contribution is -2.41. The first-order valence-electron chi connectivity index (χ1n) is 6.54. The highest BCUT2D eigenvalue weighted by Crippen LogP contribution is 2.18. The van der Waals surface area contributed by atoms with Gasteiger partial charge in [0.1, 0.15) is 6.61 Å². The molecular formula is C14H18N2O3S2. The molecule has 2 rings (SSSR count). The molecule has 0 saturated carbocycles. The van der Waals surface area contributed by atoms with Crippen molar-refractivity contribution in [2.45, 2.75) is 23.2 Å². The second-order valence-electron chi connectivity index (χ2n) is 4.66. The van der Waals surface area contributed by atoms with Gasteiger partial charge in [-0.1, -0.05) is 24.1 Å². The summed E-state index contributed by atoms with van der Waals surface area (Å²) >= 11 is 4.44. The van der Waals surface area contributed by atoms with Crippen LogP contribution in [0.2, 0.25) is 0 Å². The topological polar surface area (TPSA) is 58.6 Å². The van der Waals surface area contributed by atoms with E-state index in [9.17, 15) is 8.42 Å². The molecule has 5 nitrogen and oxygen atoms in total. The molecule has 2 atom stereocenters. The summed E-state index contributed by atoms with van der Waals surface area (Å²) in [5.41, 5.74) is 0. The number of hydrogen-bond acceptors (Lipinski definition) is 5. The van der Waals surface area contributed by atoms with Crippen LogP contribution in [0, 0.1) is 11.8 Å². The fourth-order valence-electron chi connectivity index (χ4n) is 2.04. The first-order valence-corrected chi connectivity index (χ1v) is 8.54. The van der Waals surface area contributed by atoms with Gasteiger partial charge in [0.15, 0.2) is 0 Å². The number of ether oxygens (including phenoxy) is 1. The number of hydrogen-bond donors (Lipinski definition) is 2. The van der Waals surface area contributed by atoms with Gasteiger partial charge in [-0.2, -0.15) is 12.6 Å². The average molecular weight is 326 g/mol. The maximum Gasteiger partial charge on any atom is 0.253 e. The van der Waals surface area contributed by atoms with Crippen molar-refractivity contribution in [2.24, 2.45) is 0 Å². The first-order chi connectivity index (χ1) is 10.0. The van der Waals surface area contributed by atoms with Gasteiger partial charge in [-0.25, -0.2) is 13.4 Å². The number of rotatable bonds is 5. The highest BCUT2D eigenvalue weighted by molar-refractivity contribution is 7.89. The molecule has 1 aromatic rings. The van der Waals surface area contributed by atoms with Gasteiger partial charge in [-0.3, -0.25) is 0 Å². The molecule has 0 aromatic heterocycles. The predicted octanol–water partition coefficient (Wildman–Crippen LogP) is 0.902. The number of sulfonamides is 1. The van der Waals surface area contributed by atoms with E-state index in [1.165, 1.54) is 0 Å². The molecule has 0 spiro atoms. The summed E-state index contributed by atoms with van der Waals surface area (Å²) in [6.45, 7) is 3.01. The Labute approximate surface area is 131 Å². The van der Waals surface area contributed by atoms with Gasteiger partial charge in [0, 0.05) is 18.3 Å². The smallest absolute Gasteiger partial charge is 0.253 e. The van der Waals surface area contributed by atoms with Crippen LogP contribution in [-0.2, 0) is 14.8 Å². The van der Waals surface area contributed by atoms with Gasteiger partial charge < -0.3 is 4.74 Å². The second-order valence-corrected chi connectivity index (χ2v) is 6.98. The van der Waals surface area contributed by atoms with E-state index in [4.69, 9.17) is 4.74 Å². The van der Waals surface area contributed by atoms with Crippen molar-refractivity contribution < 1.29 is 13.2 Å². The second kappa shape index (κ2) is 7.29. The predicted molar refractivity (Wildman–Crippen MR) is 84.3 cm³/mol. The minimum Gasteiger partial charge on any atom is -0.363 e. The van der Waals surface area contributed by atoms with Crippen LogP contribution < -0.4 is 4.83 Å². The summed E-state index contributed by atoms with van der Waals surface area (Å²) in [6.07, 6.45) is -0.146. The highest BCUT2D eigenvalue weighted by Gasteiger charge is 2.33. The zero-order chi connectivity index (χ0) is 15.3. The third kappa shape index (κ3) is 4.46. The number of thiol groups is 1. The van der Waals surface area contributed by atoms with Gasteiger partial charge in [-0.15, -0.1) is 10.8 Å². The van der Waals surface area contributed by atoms with E-state index >= 15 is 0 Å². The summed E-state index contributed by atoms with van der Waals surface area (Å²) in [4.78, 5) is 2.80. The van der Waals surface area contributed by atoms with E-state index in [-0.39, 0.29) is 16.2 Å². The van der Waals surface area contributed by atoms with Crippen molar-refractivity contribution in [1.29, 1.82) is 0 Å². The Balaban J connectivity index is 1.96. The Morgan fingerprint density at radius 3 is 2.76 bits per heavy atom. The minimum absolute atomic E-state index is 0.0536. The number of nitrogens with one attached hydrogen (secondary N) is 1. The van der Waals surface area contributed by atoms with Crippen LogP contribution in [0.4, 0.5) is 0 Å². The van der Waals surface area contributed by atoms with Crippen molar-refractivity contribution >= 4 is 22.7 Å². The lowest BCUT2D eigenvalue weighted by Gasteiger charge is -2.17. The van der Waals surface area contributed by atoms with Crippen LogP contribution in [0.1, 0.15) is 6.92 Å². The van der Waals surface area contributed by atoms with Crippen LogP contribution in [-0.4, -0.2) is 44.5 Å². The molecule has 0 radical (unpaired) electrons. The standard InChI is InChI=1S/C14H18N2O3S2/c1-2-3-9-19-13-10-16(11-14(13)20)15-21(17,18)12-7-5-4-6-8-12/h4-8,13-15,20H,9-11H2,1H3/t13?,14-/m1/s1. The highest BCUT2D eigenvalue weighted by atomic mass is 32.2. The quantitative estimate of drug-likeness (QED) is 0.624. The van der Waals surface area contributed by atoms with E-state index in [1.54, 1.807) is 42.3 Å². The van der Waals surface area contributed by atoms with Crippen molar-refractivity contribution in [3.8, 4) is 11.8 Å². The van der Waals surface area contributed by atoms with E-state index in [0.717, 1.165) is 0 Å². The minimum atomic E-state index is -3.56. The van der Waals surface area contributed by atoms with Gasteiger partial charge in [0.25, 0.3) is 10.0 Å². The zero-order valence-corrected chi connectivity index (χ0v) is 13.4. The van der Waals surface area contributed by atoms with Crippen molar-refractivity contribution in [3.05, 3.63) is 30.3 Å². The number of hydrazine groups is 1. The molecule has 1 unspecified atom stereocenters. The van der Waals surface area contributed by atoms with Crippen LogP contribution in [0.5, 0.6) is 0 Å². The summed E-state index contributed by atoms with van der Waals surface area (Å²) < 4.78 is 30.0. The largest absolute Gasteiger partial charge is 0.363 e. The van der Waals surface area contributed by atoms with Gasteiger partial charge in [0.2, 0.25) is 0 Å². The van der Waals surface area contributed by atoms with Crippen molar-refractivity contribution in [2.75, 3.05) is 19.7 Å². The summed E-state index contributed by atoms with van der Waals surface area (Å²) in [6, 6.07) is 8.27. The monoisotopic (exact) mass is 326 g/mol. The Bertz CT molecular complexity index is 623. The van der Waals surface area contributed by atoms with E-state index in [1.807, 2.05) is 0 Å². The van der Waals surface area contributed by atoms with E-state index < -0.39 is 10.0 Å². The molecule has 1 N–H and O–H groups in total. The fraction of sp³-hybridized carbons (Fsp3) is 0.429. The maximum atomic E-state index is 12.2. The van der Waals surface area contributed by atoms with Gasteiger partial charge in [-0.05, 0) is 19.1 Å². The van der Waals surface area contributed by atoms with Gasteiger partial charge in [0.05, 0.1) is 11.0 Å². The fourth-order valence-corrected chi connectivity index (χ4v) is 3.53. The SMILES string of the molecule is CC#CCOC1CN(NS(=O)(=O)c2ccccc2)C[C@H]1S. The van der Waals surface area contributed by atoms with E-state index in [2.05, 4.69) is 29.3 Å². The Kier molecular flexibility index (Phi) is 5.67. The summed E-state index contributed by atoms with van der Waals surface area (Å²) in [7, 11) is -3.56. The average Bonchev–Trinajstić information content (AvgIpc) is 2.79. The van der Waals surface area contributed by atoms with Gasteiger partial charge >= 0.3 is 0 Å². The van der Waals surface area contributed by atoms with Crippen LogP contribution in [0.25, 0.3) is 0 Å². The van der Waals surface area contributed by atoms with Crippen LogP contribution in [0.3, 0.4) is 0 Å². The number of benzene rings is 1. The molecule has 1 fully saturated rings. The van der Waals surface area contributed by atoms with Crippen molar-refractivity contribution in [1.82, 2.24) is 9.84 Å². The summed E-state index contributed by atoms with van der Waals surface area (Å²) in [5.74, 6) is 5.57. The Morgan fingerprint density at radius 2 is 2.10 bits per heavy atom. The first kappa shape index (κ1) is 16.3. The Hall–Kier alpha value is -1.04. The molecule has 7 heteroatoms. The molecular weight excluding hydrogens is 308 g/mol. The van der Waals surface area contributed by atoms with Crippen LogP contribution in [0.15, 0.2) is 35.2 Å². The molecule has 1 aromatic carbocycles. The molecule has 0 aliphatic carbocycles. The van der Waals surface area contributed by atoms with Crippen LogP contribution >= 0.6 is 12.6 Å².